The zero-order valence-electron chi connectivity index (χ0n) is 13.5. The van der Waals surface area contributed by atoms with Crippen molar-refractivity contribution in [3.05, 3.63) is 52.1 Å². The molecule has 1 atom stereocenters. The van der Waals surface area contributed by atoms with Gasteiger partial charge in [0.15, 0.2) is 0 Å². The SMILES string of the molecule is C=C(C)CN(CC)C(=O)C(C)NC(=O)c1cccc([N+](=O)[O-])c1. The summed E-state index contributed by atoms with van der Waals surface area (Å²) in [5.41, 5.74) is 0.813. The van der Waals surface area contributed by atoms with Crippen molar-refractivity contribution in [1.29, 1.82) is 0 Å². The van der Waals surface area contributed by atoms with Gasteiger partial charge in [0, 0.05) is 30.8 Å². The second-order valence-electron chi connectivity index (χ2n) is 5.31. The highest BCUT2D eigenvalue weighted by Crippen LogP contribution is 2.13. The van der Waals surface area contributed by atoms with Gasteiger partial charge in [-0.2, -0.15) is 0 Å². The highest BCUT2D eigenvalue weighted by atomic mass is 16.6. The smallest absolute Gasteiger partial charge is 0.270 e. The van der Waals surface area contributed by atoms with Gasteiger partial charge >= 0.3 is 0 Å². The molecule has 0 aliphatic heterocycles. The lowest BCUT2D eigenvalue weighted by molar-refractivity contribution is -0.384. The molecule has 0 heterocycles. The standard InChI is InChI=1S/C16H21N3O4/c1-5-18(10-11(2)3)16(21)12(4)17-15(20)13-7-6-8-14(9-13)19(22)23/h6-9,12H,2,5,10H2,1,3-4H3,(H,17,20). The van der Waals surface area contributed by atoms with E-state index in [1.165, 1.54) is 24.3 Å². The number of rotatable bonds is 7. The molecule has 0 saturated carbocycles. The van der Waals surface area contributed by atoms with Gasteiger partial charge in [0.2, 0.25) is 5.91 Å². The predicted octanol–water partition coefficient (Wildman–Crippen LogP) is 2.14. The number of carbonyl (C=O) groups is 2. The van der Waals surface area contributed by atoms with Crippen LogP contribution in [0.2, 0.25) is 0 Å². The third-order valence-electron chi connectivity index (χ3n) is 3.19. The van der Waals surface area contributed by atoms with Crippen LogP contribution in [0.4, 0.5) is 5.69 Å². The van der Waals surface area contributed by atoms with Gasteiger partial charge in [0.05, 0.1) is 4.92 Å². The first-order valence-electron chi connectivity index (χ1n) is 7.24. The van der Waals surface area contributed by atoms with E-state index < -0.39 is 16.9 Å². The molecule has 0 aromatic heterocycles. The number of nitro groups is 1. The molecule has 2 amide bonds. The number of nitro benzene ring substituents is 1. The van der Waals surface area contributed by atoms with Crippen molar-refractivity contribution in [1.82, 2.24) is 10.2 Å². The summed E-state index contributed by atoms with van der Waals surface area (Å²) in [6.07, 6.45) is 0. The van der Waals surface area contributed by atoms with E-state index in [0.29, 0.717) is 13.1 Å². The normalized spacial score (nSPS) is 11.4. The van der Waals surface area contributed by atoms with E-state index in [0.717, 1.165) is 5.57 Å². The molecule has 7 nitrogen and oxygen atoms in total. The van der Waals surface area contributed by atoms with Crippen LogP contribution in [0.15, 0.2) is 36.4 Å². The quantitative estimate of drug-likeness (QED) is 0.473. The monoisotopic (exact) mass is 319 g/mol. The minimum absolute atomic E-state index is 0.141. The van der Waals surface area contributed by atoms with E-state index in [4.69, 9.17) is 0 Å². The third kappa shape index (κ3) is 5.21. The average Bonchev–Trinajstić information content (AvgIpc) is 2.51. The van der Waals surface area contributed by atoms with Gasteiger partial charge in [-0.25, -0.2) is 0 Å². The van der Waals surface area contributed by atoms with Gasteiger partial charge in [-0.3, -0.25) is 19.7 Å². The molecule has 0 bridgehead atoms. The Morgan fingerprint density at radius 1 is 1.43 bits per heavy atom. The van der Waals surface area contributed by atoms with Crippen molar-refractivity contribution in [3.63, 3.8) is 0 Å². The molecule has 23 heavy (non-hydrogen) atoms. The number of non-ortho nitro benzene ring substituents is 1. The van der Waals surface area contributed by atoms with Crippen LogP contribution in [0.25, 0.3) is 0 Å². The highest BCUT2D eigenvalue weighted by molar-refractivity contribution is 5.97. The molecule has 1 rings (SSSR count). The van der Waals surface area contributed by atoms with E-state index in [1.807, 2.05) is 13.8 Å². The first-order valence-corrected chi connectivity index (χ1v) is 7.24. The molecular weight excluding hydrogens is 298 g/mol. The van der Waals surface area contributed by atoms with E-state index in [-0.39, 0.29) is 17.2 Å². The number of nitrogens with zero attached hydrogens (tertiary/aromatic N) is 2. The maximum Gasteiger partial charge on any atom is 0.270 e. The third-order valence-corrected chi connectivity index (χ3v) is 3.19. The fraction of sp³-hybridized carbons (Fsp3) is 0.375. The van der Waals surface area contributed by atoms with Gasteiger partial charge in [0.1, 0.15) is 6.04 Å². The molecule has 0 aliphatic rings. The molecule has 1 unspecified atom stereocenters. The van der Waals surface area contributed by atoms with Gasteiger partial charge in [-0.15, -0.1) is 0 Å². The lowest BCUT2D eigenvalue weighted by Crippen LogP contribution is -2.47. The number of carbonyl (C=O) groups excluding carboxylic acids is 2. The lowest BCUT2D eigenvalue weighted by atomic mass is 10.1. The fourth-order valence-corrected chi connectivity index (χ4v) is 2.05. The summed E-state index contributed by atoms with van der Waals surface area (Å²) in [6, 6.07) is 4.64. The van der Waals surface area contributed by atoms with E-state index in [9.17, 15) is 19.7 Å². The second kappa shape index (κ2) is 8.07. The topological polar surface area (TPSA) is 92.6 Å². The van der Waals surface area contributed by atoms with Crippen LogP contribution in [0.3, 0.4) is 0 Å². The van der Waals surface area contributed by atoms with Gasteiger partial charge < -0.3 is 10.2 Å². The number of amides is 2. The van der Waals surface area contributed by atoms with Crippen LogP contribution in [-0.4, -0.2) is 40.8 Å². The van der Waals surface area contributed by atoms with Gasteiger partial charge in [-0.1, -0.05) is 18.2 Å². The Balaban J connectivity index is 2.79. The molecule has 1 aromatic carbocycles. The van der Waals surface area contributed by atoms with Crippen LogP contribution >= 0.6 is 0 Å². The molecule has 0 radical (unpaired) electrons. The molecule has 1 aromatic rings. The fourth-order valence-electron chi connectivity index (χ4n) is 2.05. The summed E-state index contributed by atoms with van der Waals surface area (Å²) in [4.78, 5) is 36.2. The van der Waals surface area contributed by atoms with Crippen LogP contribution in [0.5, 0.6) is 0 Å². The van der Waals surface area contributed by atoms with Crippen molar-refractivity contribution in [3.8, 4) is 0 Å². The van der Waals surface area contributed by atoms with Crippen LogP contribution in [0.1, 0.15) is 31.1 Å². The molecule has 0 fully saturated rings. The maximum atomic E-state index is 12.3. The van der Waals surface area contributed by atoms with Crippen molar-refractivity contribution in [2.75, 3.05) is 13.1 Å². The molecule has 0 spiro atoms. The van der Waals surface area contributed by atoms with Crippen molar-refractivity contribution in [2.24, 2.45) is 0 Å². The van der Waals surface area contributed by atoms with E-state index >= 15 is 0 Å². The molecule has 0 aliphatic carbocycles. The summed E-state index contributed by atoms with van der Waals surface area (Å²) in [7, 11) is 0. The van der Waals surface area contributed by atoms with Gasteiger partial charge in [-0.05, 0) is 26.8 Å². The molecule has 7 heteroatoms. The Morgan fingerprint density at radius 2 is 2.09 bits per heavy atom. The first kappa shape index (κ1) is 18.3. The van der Waals surface area contributed by atoms with Crippen LogP contribution < -0.4 is 5.32 Å². The Labute approximate surface area is 135 Å². The maximum absolute atomic E-state index is 12.3. The van der Waals surface area contributed by atoms with Gasteiger partial charge in [0.25, 0.3) is 11.6 Å². The second-order valence-corrected chi connectivity index (χ2v) is 5.31. The number of nitrogens with one attached hydrogen (secondary N) is 1. The zero-order valence-corrected chi connectivity index (χ0v) is 13.5. The predicted molar refractivity (Wildman–Crippen MR) is 87.1 cm³/mol. The van der Waals surface area contributed by atoms with Crippen molar-refractivity contribution >= 4 is 17.5 Å². The summed E-state index contributed by atoms with van der Waals surface area (Å²) < 4.78 is 0. The lowest BCUT2D eigenvalue weighted by Gasteiger charge is -2.25. The largest absolute Gasteiger partial charge is 0.341 e. The Hall–Kier alpha value is -2.70. The van der Waals surface area contributed by atoms with E-state index in [1.54, 1.807) is 11.8 Å². The van der Waals surface area contributed by atoms with E-state index in [2.05, 4.69) is 11.9 Å². The number of hydrogen-bond donors (Lipinski definition) is 1. The minimum atomic E-state index is -0.735. The zero-order chi connectivity index (χ0) is 17.6. The molecule has 124 valence electrons. The average molecular weight is 319 g/mol. The first-order chi connectivity index (χ1) is 10.8. The number of likely N-dealkylation sites (N-methyl/N-ethyl adjacent to an activating group) is 1. The number of hydrogen-bond acceptors (Lipinski definition) is 4. The van der Waals surface area contributed by atoms with Crippen LogP contribution in [0, 0.1) is 10.1 Å². The Kier molecular flexibility index (Phi) is 6.44. The molecule has 1 N–H and O–H groups in total. The summed E-state index contributed by atoms with van der Waals surface area (Å²) in [5.74, 6) is -0.754. The highest BCUT2D eigenvalue weighted by Gasteiger charge is 2.22. The summed E-state index contributed by atoms with van der Waals surface area (Å²) in [5, 5.41) is 13.3. The summed E-state index contributed by atoms with van der Waals surface area (Å²) >= 11 is 0. The Bertz CT molecular complexity index is 628. The number of benzene rings is 1. The molecule has 0 saturated heterocycles. The van der Waals surface area contributed by atoms with Crippen molar-refractivity contribution < 1.29 is 14.5 Å². The minimum Gasteiger partial charge on any atom is -0.341 e. The summed E-state index contributed by atoms with van der Waals surface area (Å²) in [6.45, 7) is 9.95. The van der Waals surface area contributed by atoms with Crippen LogP contribution in [-0.2, 0) is 4.79 Å². The molecular formula is C16H21N3O4. The van der Waals surface area contributed by atoms with Crippen molar-refractivity contribution in [2.45, 2.75) is 26.8 Å². The Morgan fingerprint density at radius 3 is 2.61 bits per heavy atom.